The Morgan fingerprint density at radius 3 is 2.64 bits per heavy atom. The number of tetrazole rings is 1. The smallest absolute Gasteiger partial charge is 0.226 e. The highest BCUT2D eigenvalue weighted by Crippen LogP contribution is 2.56. The molecular weight excluding hydrogens is 423 g/mol. The highest BCUT2D eigenvalue weighted by Gasteiger charge is 2.53. The van der Waals surface area contributed by atoms with Crippen LogP contribution in [-0.2, 0) is 11.2 Å². The van der Waals surface area contributed by atoms with Gasteiger partial charge in [-0.3, -0.25) is 4.79 Å². The summed E-state index contributed by atoms with van der Waals surface area (Å²) in [7, 11) is 0. The maximum atomic E-state index is 13.6. The van der Waals surface area contributed by atoms with Crippen molar-refractivity contribution in [3.05, 3.63) is 77.2 Å². The third-order valence-electron chi connectivity index (χ3n) is 6.89. The molecule has 1 aliphatic heterocycles. The first-order valence-corrected chi connectivity index (χ1v) is 11.0. The SMILES string of the molecule is [C-]#[N+]c1cc(C2CC2C2(O)CCN(C(=O)Cc3ccc(-n4cnnn4)cc3)CC2)ccc1F. The van der Waals surface area contributed by atoms with Crippen molar-refractivity contribution in [2.24, 2.45) is 5.92 Å². The second kappa shape index (κ2) is 8.37. The van der Waals surface area contributed by atoms with Gasteiger partial charge in [-0.25, -0.2) is 13.9 Å². The molecule has 1 N–H and O–H groups in total. The minimum Gasteiger partial charge on any atom is -0.389 e. The Bertz CT molecular complexity index is 1200. The van der Waals surface area contributed by atoms with Gasteiger partial charge in [0.05, 0.1) is 24.3 Å². The number of nitrogens with zero attached hydrogens (tertiary/aromatic N) is 6. The van der Waals surface area contributed by atoms with Crippen LogP contribution in [0.5, 0.6) is 0 Å². The van der Waals surface area contributed by atoms with Gasteiger partial charge in [0.1, 0.15) is 12.1 Å². The first-order valence-electron chi connectivity index (χ1n) is 11.0. The van der Waals surface area contributed by atoms with Crippen molar-refractivity contribution in [3.63, 3.8) is 0 Å². The van der Waals surface area contributed by atoms with E-state index >= 15 is 0 Å². The van der Waals surface area contributed by atoms with Crippen LogP contribution in [-0.4, -0.2) is 54.8 Å². The van der Waals surface area contributed by atoms with Gasteiger partial charge in [0.25, 0.3) is 0 Å². The van der Waals surface area contributed by atoms with Gasteiger partial charge in [-0.05, 0) is 65.3 Å². The summed E-state index contributed by atoms with van der Waals surface area (Å²) in [5, 5.41) is 22.3. The molecule has 2 atom stereocenters. The first kappa shape index (κ1) is 21.2. The zero-order valence-electron chi connectivity index (χ0n) is 17.9. The fourth-order valence-corrected chi connectivity index (χ4v) is 4.85. The third kappa shape index (κ3) is 4.22. The van der Waals surface area contributed by atoms with Crippen molar-refractivity contribution >= 4 is 11.6 Å². The summed E-state index contributed by atoms with van der Waals surface area (Å²) < 4.78 is 15.2. The van der Waals surface area contributed by atoms with Gasteiger partial charge in [-0.1, -0.05) is 29.8 Å². The van der Waals surface area contributed by atoms with Crippen molar-refractivity contribution < 1.29 is 14.3 Å². The molecule has 0 spiro atoms. The summed E-state index contributed by atoms with van der Waals surface area (Å²) in [6, 6.07) is 12.2. The average molecular weight is 446 g/mol. The van der Waals surface area contributed by atoms with E-state index in [1.165, 1.54) is 12.4 Å². The lowest BCUT2D eigenvalue weighted by Crippen LogP contribution is -2.48. The number of carbonyl (C=O) groups is 1. The second-order valence-corrected chi connectivity index (χ2v) is 8.85. The highest BCUT2D eigenvalue weighted by atomic mass is 19.1. The molecule has 5 rings (SSSR count). The monoisotopic (exact) mass is 446 g/mol. The number of carbonyl (C=O) groups excluding carboxylic acids is 1. The van der Waals surface area contributed by atoms with Gasteiger partial charge in [0.2, 0.25) is 11.6 Å². The van der Waals surface area contributed by atoms with Gasteiger partial charge < -0.3 is 10.0 Å². The number of rotatable bonds is 5. The second-order valence-electron chi connectivity index (χ2n) is 8.85. The van der Waals surface area contributed by atoms with E-state index in [1.54, 1.807) is 16.8 Å². The summed E-state index contributed by atoms with van der Waals surface area (Å²) in [5.41, 5.74) is 1.83. The summed E-state index contributed by atoms with van der Waals surface area (Å²) in [6.45, 7) is 8.13. The minimum atomic E-state index is -0.832. The molecule has 1 aromatic heterocycles. The molecule has 8 nitrogen and oxygen atoms in total. The van der Waals surface area contributed by atoms with Crippen molar-refractivity contribution in [2.45, 2.75) is 37.2 Å². The van der Waals surface area contributed by atoms with E-state index in [4.69, 9.17) is 6.57 Å². The molecule has 2 aliphatic rings. The first-order chi connectivity index (χ1) is 16.0. The highest BCUT2D eigenvalue weighted by molar-refractivity contribution is 5.79. The van der Waals surface area contributed by atoms with Crippen LogP contribution < -0.4 is 0 Å². The molecule has 3 aromatic rings. The average Bonchev–Trinajstić information content (AvgIpc) is 3.46. The Balaban J connectivity index is 1.16. The van der Waals surface area contributed by atoms with Crippen LogP contribution in [0.4, 0.5) is 10.1 Å². The number of aliphatic hydroxyl groups is 1. The Morgan fingerprint density at radius 2 is 1.97 bits per heavy atom. The lowest BCUT2D eigenvalue weighted by molar-refractivity contribution is -0.135. The Hall–Kier alpha value is -3.64. The fraction of sp³-hybridized carbons (Fsp3) is 0.375. The molecule has 1 amide bonds. The Kier molecular flexibility index (Phi) is 5.38. The number of likely N-dealkylation sites (tertiary alicyclic amines) is 1. The fourth-order valence-electron chi connectivity index (χ4n) is 4.85. The summed E-state index contributed by atoms with van der Waals surface area (Å²) in [5.74, 6) is -0.254. The van der Waals surface area contributed by atoms with E-state index in [0.29, 0.717) is 32.4 Å². The van der Waals surface area contributed by atoms with E-state index in [0.717, 1.165) is 23.2 Å². The number of benzene rings is 2. The van der Waals surface area contributed by atoms with Crippen molar-refractivity contribution in [1.29, 1.82) is 0 Å². The van der Waals surface area contributed by atoms with Gasteiger partial charge in [0.15, 0.2) is 0 Å². The van der Waals surface area contributed by atoms with Crippen LogP contribution >= 0.6 is 0 Å². The van der Waals surface area contributed by atoms with E-state index in [-0.39, 0.29) is 23.4 Å². The maximum Gasteiger partial charge on any atom is 0.226 e. The molecule has 168 valence electrons. The van der Waals surface area contributed by atoms with Crippen LogP contribution in [0, 0.1) is 18.3 Å². The normalized spacial score (nSPS) is 21.4. The summed E-state index contributed by atoms with van der Waals surface area (Å²) in [6.07, 6.45) is 3.68. The van der Waals surface area contributed by atoms with Gasteiger partial charge in [-0.15, -0.1) is 5.10 Å². The summed E-state index contributed by atoms with van der Waals surface area (Å²) >= 11 is 0. The molecule has 1 saturated heterocycles. The van der Waals surface area contributed by atoms with E-state index in [2.05, 4.69) is 20.4 Å². The molecule has 1 aliphatic carbocycles. The number of hydrogen-bond donors (Lipinski definition) is 1. The van der Waals surface area contributed by atoms with E-state index in [1.807, 2.05) is 29.2 Å². The number of hydrogen-bond acceptors (Lipinski definition) is 5. The maximum absolute atomic E-state index is 13.6. The largest absolute Gasteiger partial charge is 0.389 e. The zero-order valence-corrected chi connectivity index (χ0v) is 17.9. The van der Waals surface area contributed by atoms with Gasteiger partial charge in [0, 0.05) is 13.1 Å². The zero-order chi connectivity index (χ0) is 23.0. The molecule has 2 aromatic carbocycles. The molecule has 33 heavy (non-hydrogen) atoms. The lowest BCUT2D eigenvalue weighted by Gasteiger charge is -2.39. The molecular formula is C24H23FN6O2. The van der Waals surface area contributed by atoms with Crippen molar-refractivity contribution in [2.75, 3.05) is 13.1 Å². The van der Waals surface area contributed by atoms with Crippen molar-refractivity contribution in [3.8, 4) is 5.69 Å². The van der Waals surface area contributed by atoms with Gasteiger partial charge >= 0.3 is 0 Å². The molecule has 0 radical (unpaired) electrons. The topological polar surface area (TPSA) is 88.5 Å². The molecule has 2 fully saturated rings. The van der Waals surface area contributed by atoms with Crippen LogP contribution in [0.1, 0.15) is 36.3 Å². The number of amides is 1. The molecule has 9 heteroatoms. The van der Waals surface area contributed by atoms with Crippen LogP contribution in [0.15, 0.2) is 48.8 Å². The summed E-state index contributed by atoms with van der Waals surface area (Å²) in [4.78, 5) is 17.9. The predicted molar refractivity (Wildman–Crippen MR) is 117 cm³/mol. The molecule has 2 unspecified atom stereocenters. The Labute approximate surface area is 190 Å². The van der Waals surface area contributed by atoms with Gasteiger partial charge in [-0.2, -0.15) is 0 Å². The van der Waals surface area contributed by atoms with E-state index in [9.17, 15) is 14.3 Å². The predicted octanol–water partition coefficient (Wildman–Crippen LogP) is 3.05. The molecule has 1 saturated carbocycles. The van der Waals surface area contributed by atoms with E-state index < -0.39 is 11.4 Å². The molecule has 0 bridgehead atoms. The van der Waals surface area contributed by atoms with Crippen LogP contribution in [0.3, 0.4) is 0 Å². The third-order valence-corrected chi connectivity index (χ3v) is 6.89. The standard InChI is InChI=1S/C24H23FN6O2/c1-26-22-13-17(4-7-21(22)25)19-14-20(19)24(33)8-10-30(11-9-24)23(32)12-16-2-5-18(6-3-16)31-15-27-28-29-31/h2-7,13,15,19-20,33H,8-12,14H2. The number of aromatic nitrogens is 4. The quantitative estimate of drug-likeness (QED) is 0.609. The lowest BCUT2D eigenvalue weighted by atomic mass is 9.84. The number of piperidine rings is 1. The molecule has 2 heterocycles. The van der Waals surface area contributed by atoms with Crippen molar-refractivity contribution in [1.82, 2.24) is 25.1 Å². The number of halogens is 1. The van der Waals surface area contributed by atoms with Crippen LogP contribution in [0.25, 0.3) is 10.5 Å². The minimum absolute atomic E-state index is 0.0246. The van der Waals surface area contributed by atoms with Crippen LogP contribution in [0.2, 0.25) is 0 Å². The Morgan fingerprint density at radius 1 is 1.21 bits per heavy atom.